The largest absolute Gasteiger partial charge is 0.444 e. The van der Waals surface area contributed by atoms with Crippen molar-refractivity contribution in [1.29, 1.82) is 0 Å². The molecule has 0 heterocycles. The van der Waals surface area contributed by atoms with E-state index in [0.717, 1.165) is 12.5 Å². The van der Waals surface area contributed by atoms with Crippen LogP contribution in [0.15, 0.2) is 4.99 Å². The molecule has 0 radical (unpaired) electrons. The maximum absolute atomic E-state index is 11.8. The number of nitrogens with zero attached hydrogens (tertiary/aromatic N) is 2. The van der Waals surface area contributed by atoms with Gasteiger partial charge in [-0.3, -0.25) is 4.99 Å². The highest BCUT2D eigenvalue weighted by molar-refractivity contribution is 5.80. The number of ether oxygens (including phenoxy) is 1. The van der Waals surface area contributed by atoms with Crippen molar-refractivity contribution in [3.63, 3.8) is 0 Å². The minimum absolute atomic E-state index is 0.316. The lowest BCUT2D eigenvalue weighted by molar-refractivity contribution is 0.0304. The Morgan fingerprint density at radius 3 is 2.40 bits per heavy atom. The Kier molecular flexibility index (Phi) is 8.03. The molecule has 0 unspecified atom stereocenters. The van der Waals surface area contributed by atoms with Crippen LogP contribution in [0.1, 0.15) is 41.5 Å². The van der Waals surface area contributed by atoms with Crippen molar-refractivity contribution >= 4 is 12.1 Å². The monoisotopic (exact) mass is 286 g/mol. The van der Waals surface area contributed by atoms with Crippen LogP contribution in [0.5, 0.6) is 0 Å². The molecule has 0 rings (SSSR count). The van der Waals surface area contributed by atoms with E-state index in [-0.39, 0.29) is 6.09 Å². The molecule has 0 atom stereocenters. The molecule has 0 aromatic rings. The van der Waals surface area contributed by atoms with Gasteiger partial charge in [-0.25, -0.2) is 4.79 Å². The zero-order valence-corrected chi connectivity index (χ0v) is 13.9. The highest BCUT2D eigenvalue weighted by Crippen LogP contribution is 2.08. The first-order valence-corrected chi connectivity index (χ1v) is 7.14. The van der Waals surface area contributed by atoms with Crippen molar-refractivity contribution in [3.8, 4) is 0 Å². The molecule has 0 aliphatic carbocycles. The molecule has 2 N–H and O–H groups in total. The number of aliphatic imine (C=N–C) groups is 1. The van der Waals surface area contributed by atoms with Gasteiger partial charge in [-0.2, -0.15) is 0 Å². The van der Waals surface area contributed by atoms with Crippen LogP contribution in [-0.4, -0.2) is 55.3 Å². The van der Waals surface area contributed by atoms with Crippen LogP contribution in [0.25, 0.3) is 0 Å². The summed E-state index contributed by atoms with van der Waals surface area (Å²) >= 11 is 0. The van der Waals surface area contributed by atoms with Crippen molar-refractivity contribution < 1.29 is 9.53 Å². The zero-order chi connectivity index (χ0) is 15.8. The predicted molar refractivity (Wildman–Crippen MR) is 83.1 cm³/mol. The summed E-state index contributed by atoms with van der Waals surface area (Å²) in [5, 5.41) is 6.39. The van der Waals surface area contributed by atoms with Gasteiger partial charge < -0.3 is 20.3 Å². The van der Waals surface area contributed by atoms with E-state index in [2.05, 4.69) is 29.5 Å². The van der Waals surface area contributed by atoms with E-state index in [1.165, 1.54) is 4.90 Å². The van der Waals surface area contributed by atoms with E-state index < -0.39 is 5.60 Å². The average Bonchev–Trinajstić information content (AvgIpc) is 2.25. The summed E-state index contributed by atoms with van der Waals surface area (Å²) in [6.07, 6.45) is -0.325. The van der Waals surface area contributed by atoms with Gasteiger partial charge in [-0.1, -0.05) is 0 Å². The van der Waals surface area contributed by atoms with Gasteiger partial charge in [0.15, 0.2) is 5.96 Å². The van der Waals surface area contributed by atoms with Crippen LogP contribution in [-0.2, 0) is 4.74 Å². The molecule has 0 aromatic heterocycles. The normalized spacial score (nSPS) is 12.3. The van der Waals surface area contributed by atoms with Crippen LogP contribution >= 0.6 is 0 Å². The van der Waals surface area contributed by atoms with Crippen molar-refractivity contribution in [1.82, 2.24) is 15.5 Å². The summed E-state index contributed by atoms with van der Waals surface area (Å²) in [6, 6.07) is 0.316. The fourth-order valence-corrected chi connectivity index (χ4v) is 1.34. The zero-order valence-electron chi connectivity index (χ0n) is 13.9. The molecule has 20 heavy (non-hydrogen) atoms. The number of rotatable bonds is 5. The Hall–Kier alpha value is -1.46. The van der Waals surface area contributed by atoms with Crippen molar-refractivity contribution in [3.05, 3.63) is 0 Å². The second-order valence-corrected chi connectivity index (χ2v) is 5.96. The highest BCUT2D eigenvalue weighted by atomic mass is 16.6. The minimum Gasteiger partial charge on any atom is -0.444 e. The Balaban J connectivity index is 4.27. The third-order valence-electron chi connectivity index (χ3n) is 2.18. The first kappa shape index (κ1) is 18.5. The fraction of sp³-hybridized carbons (Fsp3) is 0.857. The summed E-state index contributed by atoms with van der Waals surface area (Å²) in [4.78, 5) is 17.7. The summed E-state index contributed by atoms with van der Waals surface area (Å²) < 4.78 is 5.28. The van der Waals surface area contributed by atoms with Gasteiger partial charge >= 0.3 is 6.09 Å². The predicted octanol–water partition coefficient (Wildman–Crippen LogP) is 1.82. The molecular weight excluding hydrogens is 256 g/mol. The van der Waals surface area contributed by atoms with Gasteiger partial charge in [0.25, 0.3) is 0 Å². The lowest BCUT2D eigenvalue weighted by Gasteiger charge is -2.24. The molecule has 0 aliphatic rings. The summed E-state index contributed by atoms with van der Waals surface area (Å²) in [7, 11) is 1.71. The van der Waals surface area contributed by atoms with Gasteiger partial charge in [0.1, 0.15) is 5.60 Å². The maximum Gasteiger partial charge on any atom is 0.410 e. The van der Waals surface area contributed by atoms with Crippen LogP contribution < -0.4 is 10.6 Å². The first-order chi connectivity index (χ1) is 9.15. The number of carbonyl (C=O) groups excluding carboxylic acids is 1. The molecule has 1 amide bonds. The summed E-state index contributed by atoms with van der Waals surface area (Å²) in [5.74, 6) is 0.764. The van der Waals surface area contributed by atoms with E-state index in [4.69, 9.17) is 4.74 Å². The maximum atomic E-state index is 11.8. The highest BCUT2D eigenvalue weighted by Gasteiger charge is 2.19. The number of hydrogen-bond acceptors (Lipinski definition) is 3. The third-order valence-corrected chi connectivity index (χ3v) is 2.18. The van der Waals surface area contributed by atoms with Gasteiger partial charge in [0.05, 0.1) is 6.54 Å². The molecule has 0 spiro atoms. The summed E-state index contributed by atoms with van der Waals surface area (Å²) in [6.45, 7) is 13.5. The number of guanidine groups is 1. The number of carbonyl (C=O) groups is 1. The Labute approximate surface area is 123 Å². The topological polar surface area (TPSA) is 66.0 Å². The van der Waals surface area contributed by atoms with E-state index in [0.29, 0.717) is 19.1 Å². The number of hydrogen-bond donors (Lipinski definition) is 2. The van der Waals surface area contributed by atoms with Crippen LogP contribution in [0.2, 0.25) is 0 Å². The lowest BCUT2D eigenvalue weighted by atomic mass is 10.2. The second-order valence-electron chi connectivity index (χ2n) is 5.96. The van der Waals surface area contributed by atoms with Crippen LogP contribution in [0, 0.1) is 0 Å². The quantitative estimate of drug-likeness (QED) is 0.597. The Bertz CT molecular complexity index is 322. The number of nitrogens with one attached hydrogen (secondary N) is 2. The molecule has 6 nitrogen and oxygen atoms in total. The molecule has 0 aromatic carbocycles. The first-order valence-electron chi connectivity index (χ1n) is 7.14. The molecule has 0 aliphatic heterocycles. The van der Waals surface area contributed by atoms with E-state index in [9.17, 15) is 4.79 Å². The Morgan fingerprint density at radius 1 is 1.35 bits per heavy atom. The fourth-order valence-electron chi connectivity index (χ4n) is 1.34. The minimum atomic E-state index is -0.470. The third kappa shape index (κ3) is 9.47. The smallest absolute Gasteiger partial charge is 0.410 e. The van der Waals surface area contributed by atoms with E-state index in [1.807, 2.05) is 27.7 Å². The molecule has 0 fully saturated rings. The number of likely N-dealkylation sites (N-methyl/N-ethyl adjacent to an activating group) is 1. The van der Waals surface area contributed by atoms with E-state index in [1.54, 1.807) is 7.05 Å². The second kappa shape index (κ2) is 8.66. The van der Waals surface area contributed by atoms with Crippen molar-refractivity contribution in [2.24, 2.45) is 4.99 Å². The van der Waals surface area contributed by atoms with Gasteiger partial charge in [0.2, 0.25) is 0 Å². The molecule has 0 saturated heterocycles. The van der Waals surface area contributed by atoms with Crippen LogP contribution in [0.3, 0.4) is 0 Å². The number of amides is 1. The van der Waals surface area contributed by atoms with E-state index >= 15 is 0 Å². The standard InChI is InChI=1S/C14H30N4O2/c1-8-15-12(17-11(2)3)16-9-10-18(7)13(19)20-14(4,5)6/h11H,8-10H2,1-7H3,(H2,15,16,17). The van der Waals surface area contributed by atoms with Gasteiger partial charge in [0, 0.05) is 26.2 Å². The molecule has 0 saturated carbocycles. The average molecular weight is 286 g/mol. The Morgan fingerprint density at radius 2 is 1.95 bits per heavy atom. The summed E-state index contributed by atoms with van der Waals surface area (Å²) in [5.41, 5.74) is -0.470. The van der Waals surface area contributed by atoms with Crippen molar-refractivity contribution in [2.75, 3.05) is 26.7 Å². The lowest BCUT2D eigenvalue weighted by Crippen LogP contribution is -2.41. The van der Waals surface area contributed by atoms with Crippen LogP contribution in [0.4, 0.5) is 4.79 Å². The SMILES string of the molecule is CCNC(=NCCN(C)C(=O)OC(C)(C)C)NC(C)C. The molecule has 6 heteroatoms. The molecular formula is C14H30N4O2. The van der Waals surface area contributed by atoms with Gasteiger partial charge in [-0.05, 0) is 41.5 Å². The molecule has 0 bridgehead atoms. The van der Waals surface area contributed by atoms with Crippen molar-refractivity contribution in [2.45, 2.75) is 53.2 Å². The molecule has 118 valence electrons. The van der Waals surface area contributed by atoms with Gasteiger partial charge in [-0.15, -0.1) is 0 Å².